The van der Waals surface area contributed by atoms with Gasteiger partial charge in [-0.25, -0.2) is 13.1 Å². The molecule has 2 rings (SSSR count). The number of hydrogen-bond acceptors (Lipinski definition) is 3. The zero-order valence-electron chi connectivity index (χ0n) is 13.1. The van der Waals surface area contributed by atoms with Gasteiger partial charge in [0.05, 0.1) is 5.25 Å². The van der Waals surface area contributed by atoms with Crippen molar-refractivity contribution in [3.63, 3.8) is 0 Å². The van der Waals surface area contributed by atoms with Crippen molar-refractivity contribution in [2.75, 3.05) is 13.2 Å². The summed E-state index contributed by atoms with van der Waals surface area (Å²) in [6.07, 6.45) is 7.19. The molecular formula is C17H27NO3S. The van der Waals surface area contributed by atoms with E-state index in [1.54, 1.807) is 0 Å². The molecule has 0 unspecified atom stereocenters. The second-order valence-electron chi connectivity index (χ2n) is 6.09. The van der Waals surface area contributed by atoms with Gasteiger partial charge in [-0.15, -0.1) is 0 Å². The van der Waals surface area contributed by atoms with E-state index in [-0.39, 0.29) is 11.9 Å². The number of nitrogens with one attached hydrogen (secondary N) is 1. The van der Waals surface area contributed by atoms with Crippen LogP contribution in [-0.4, -0.2) is 31.9 Å². The smallest absolute Gasteiger partial charge is 0.214 e. The maximum absolute atomic E-state index is 12.2. The molecule has 0 aromatic heterocycles. The Labute approximate surface area is 134 Å². The number of aryl methyl sites for hydroxylation is 1. The maximum atomic E-state index is 12.2. The van der Waals surface area contributed by atoms with E-state index in [9.17, 15) is 8.42 Å². The summed E-state index contributed by atoms with van der Waals surface area (Å²) in [5, 5.41) is 8.62. The van der Waals surface area contributed by atoms with Gasteiger partial charge in [-0.1, -0.05) is 43.5 Å². The minimum Gasteiger partial charge on any atom is -0.396 e. The van der Waals surface area contributed by atoms with E-state index < -0.39 is 10.0 Å². The number of sulfonamides is 1. The van der Waals surface area contributed by atoms with Crippen molar-refractivity contribution in [2.45, 2.75) is 56.6 Å². The van der Waals surface area contributed by atoms with E-state index in [0.29, 0.717) is 13.0 Å². The Morgan fingerprint density at radius 3 is 2.18 bits per heavy atom. The summed E-state index contributed by atoms with van der Waals surface area (Å²) in [7, 11) is -3.15. The molecule has 1 aromatic carbocycles. The van der Waals surface area contributed by atoms with Gasteiger partial charge in [0.25, 0.3) is 0 Å². The first-order valence-corrected chi connectivity index (χ1v) is 9.83. The lowest BCUT2D eigenvalue weighted by Gasteiger charge is -2.22. The van der Waals surface area contributed by atoms with Crippen LogP contribution in [0.2, 0.25) is 0 Å². The number of benzene rings is 1. The number of rotatable bonds is 8. The van der Waals surface area contributed by atoms with Crippen LogP contribution in [0, 0.1) is 0 Å². The van der Waals surface area contributed by atoms with Crippen molar-refractivity contribution >= 4 is 10.0 Å². The van der Waals surface area contributed by atoms with E-state index >= 15 is 0 Å². The predicted octanol–water partition coefficient (Wildman–Crippen LogP) is 2.41. The topological polar surface area (TPSA) is 66.4 Å². The highest BCUT2D eigenvalue weighted by Crippen LogP contribution is 2.22. The van der Waals surface area contributed by atoms with Gasteiger partial charge in [0, 0.05) is 13.2 Å². The van der Waals surface area contributed by atoms with Gasteiger partial charge in [-0.05, 0) is 43.2 Å². The molecule has 0 radical (unpaired) electrons. The molecule has 0 spiro atoms. The number of hydrogen-bond donors (Lipinski definition) is 2. The van der Waals surface area contributed by atoms with Crippen LogP contribution in [0.1, 0.15) is 49.7 Å². The van der Waals surface area contributed by atoms with Crippen LogP contribution in [0.4, 0.5) is 0 Å². The van der Waals surface area contributed by atoms with E-state index in [1.165, 1.54) is 5.56 Å². The Kier molecular flexibility index (Phi) is 6.86. The standard InChI is InChI=1S/C17H27NO3S/c19-14-4-5-15-8-10-16(11-9-15)12-13-18-22(20,21)17-6-2-1-3-7-17/h8-11,17-19H,1-7,12-14H2. The molecule has 1 aliphatic rings. The molecule has 0 aliphatic heterocycles. The van der Waals surface area contributed by atoms with Crippen molar-refractivity contribution in [3.8, 4) is 0 Å². The maximum Gasteiger partial charge on any atom is 0.214 e. The van der Waals surface area contributed by atoms with Crippen LogP contribution in [0.3, 0.4) is 0 Å². The lowest BCUT2D eigenvalue weighted by molar-refractivity contribution is 0.288. The Morgan fingerprint density at radius 1 is 1.00 bits per heavy atom. The van der Waals surface area contributed by atoms with Crippen LogP contribution in [0.5, 0.6) is 0 Å². The van der Waals surface area contributed by atoms with E-state index in [2.05, 4.69) is 16.9 Å². The van der Waals surface area contributed by atoms with Gasteiger partial charge >= 0.3 is 0 Å². The minimum atomic E-state index is -3.15. The van der Waals surface area contributed by atoms with E-state index in [4.69, 9.17) is 5.11 Å². The minimum absolute atomic E-state index is 0.192. The Morgan fingerprint density at radius 2 is 1.59 bits per heavy atom. The van der Waals surface area contributed by atoms with Crippen LogP contribution < -0.4 is 4.72 Å². The fourth-order valence-corrected chi connectivity index (χ4v) is 4.56. The number of aliphatic hydroxyl groups is 1. The molecule has 0 saturated heterocycles. The van der Waals surface area contributed by atoms with E-state index in [1.807, 2.05) is 12.1 Å². The summed E-state index contributed by atoms with van der Waals surface area (Å²) in [5.41, 5.74) is 2.35. The summed E-state index contributed by atoms with van der Waals surface area (Å²) < 4.78 is 27.2. The normalized spacial score (nSPS) is 16.8. The molecule has 1 aliphatic carbocycles. The quantitative estimate of drug-likeness (QED) is 0.771. The Balaban J connectivity index is 1.77. The highest BCUT2D eigenvalue weighted by Gasteiger charge is 2.26. The zero-order valence-corrected chi connectivity index (χ0v) is 13.9. The van der Waals surface area contributed by atoms with Crippen LogP contribution in [-0.2, 0) is 22.9 Å². The van der Waals surface area contributed by atoms with Gasteiger partial charge in [-0.2, -0.15) is 0 Å². The van der Waals surface area contributed by atoms with Gasteiger partial charge in [0.1, 0.15) is 0 Å². The highest BCUT2D eigenvalue weighted by atomic mass is 32.2. The van der Waals surface area contributed by atoms with E-state index in [0.717, 1.165) is 50.5 Å². The number of aliphatic hydroxyl groups excluding tert-OH is 1. The lowest BCUT2D eigenvalue weighted by Crippen LogP contribution is -2.36. The first-order valence-electron chi connectivity index (χ1n) is 8.29. The monoisotopic (exact) mass is 325 g/mol. The molecule has 2 N–H and O–H groups in total. The van der Waals surface area contributed by atoms with Crippen molar-refractivity contribution in [2.24, 2.45) is 0 Å². The third-order valence-electron chi connectivity index (χ3n) is 4.35. The summed E-state index contributed by atoms with van der Waals surface area (Å²) in [5.74, 6) is 0. The molecule has 0 bridgehead atoms. The Bertz CT molecular complexity index is 534. The van der Waals surface area contributed by atoms with Crippen molar-refractivity contribution in [3.05, 3.63) is 35.4 Å². The second kappa shape index (κ2) is 8.65. The fourth-order valence-electron chi connectivity index (χ4n) is 2.99. The van der Waals surface area contributed by atoms with Crippen LogP contribution in [0.25, 0.3) is 0 Å². The molecule has 0 atom stereocenters. The molecule has 22 heavy (non-hydrogen) atoms. The zero-order chi connectivity index (χ0) is 15.8. The first kappa shape index (κ1) is 17.4. The van der Waals surface area contributed by atoms with Gasteiger partial charge < -0.3 is 5.11 Å². The fraction of sp³-hybridized carbons (Fsp3) is 0.647. The molecule has 4 nitrogen and oxygen atoms in total. The average Bonchev–Trinajstić information content (AvgIpc) is 2.55. The van der Waals surface area contributed by atoms with Crippen molar-refractivity contribution in [1.82, 2.24) is 4.72 Å². The predicted molar refractivity (Wildman–Crippen MR) is 89.3 cm³/mol. The van der Waals surface area contributed by atoms with Gasteiger partial charge in [-0.3, -0.25) is 0 Å². The molecule has 1 saturated carbocycles. The average molecular weight is 325 g/mol. The van der Waals surface area contributed by atoms with Gasteiger partial charge in [0.15, 0.2) is 0 Å². The molecule has 1 aromatic rings. The largest absolute Gasteiger partial charge is 0.396 e. The summed E-state index contributed by atoms with van der Waals surface area (Å²) in [4.78, 5) is 0. The second-order valence-corrected chi connectivity index (χ2v) is 8.14. The molecule has 0 amide bonds. The van der Waals surface area contributed by atoms with Gasteiger partial charge in [0.2, 0.25) is 10.0 Å². The summed E-state index contributed by atoms with van der Waals surface area (Å²) in [6.45, 7) is 0.680. The summed E-state index contributed by atoms with van der Waals surface area (Å²) >= 11 is 0. The third kappa shape index (κ3) is 5.38. The molecule has 1 fully saturated rings. The molecular weight excluding hydrogens is 298 g/mol. The van der Waals surface area contributed by atoms with Crippen molar-refractivity contribution < 1.29 is 13.5 Å². The lowest BCUT2D eigenvalue weighted by atomic mass is 10.0. The third-order valence-corrected chi connectivity index (χ3v) is 6.31. The van der Waals surface area contributed by atoms with Crippen LogP contribution >= 0.6 is 0 Å². The highest BCUT2D eigenvalue weighted by molar-refractivity contribution is 7.90. The molecule has 124 valence electrons. The first-order chi connectivity index (χ1) is 10.6. The summed E-state index contributed by atoms with van der Waals surface area (Å²) in [6, 6.07) is 8.20. The van der Waals surface area contributed by atoms with Crippen LogP contribution in [0.15, 0.2) is 24.3 Å². The molecule has 5 heteroatoms. The molecule has 0 heterocycles. The SMILES string of the molecule is O=S(=O)(NCCc1ccc(CCCO)cc1)C1CCCCC1. The Hall–Kier alpha value is -0.910. The van der Waals surface area contributed by atoms with Crippen molar-refractivity contribution in [1.29, 1.82) is 0 Å².